The number of anilines is 2. The van der Waals surface area contributed by atoms with E-state index in [0.717, 1.165) is 31.9 Å². The summed E-state index contributed by atoms with van der Waals surface area (Å²) < 4.78 is 24.2. The summed E-state index contributed by atoms with van der Waals surface area (Å²) in [6.07, 6.45) is 0. The van der Waals surface area contributed by atoms with Gasteiger partial charge in [-0.3, -0.25) is 9.69 Å². The molecule has 1 amide bonds. The third-order valence-electron chi connectivity index (χ3n) is 5.24. The van der Waals surface area contributed by atoms with E-state index in [9.17, 15) is 9.18 Å². The molecular formula is C21H24FN3O3. The van der Waals surface area contributed by atoms with E-state index in [4.69, 9.17) is 9.47 Å². The molecule has 2 aromatic carbocycles. The number of hydrogen-bond acceptors (Lipinski definition) is 5. The highest BCUT2D eigenvalue weighted by atomic mass is 19.1. The molecule has 1 fully saturated rings. The Labute approximate surface area is 163 Å². The molecule has 2 aliphatic rings. The van der Waals surface area contributed by atoms with Crippen molar-refractivity contribution < 1.29 is 18.7 Å². The Morgan fingerprint density at radius 1 is 1.00 bits per heavy atom. The van der Waals surface area contributed by atoms with Crippen LogP contribution in [0.3, 0.4) is 0 Å². The van der Waals surface area contributed by atoms with Gasteiger partial charge in [-0.05, 0) is 43.3 Å². The van der Waals surface area contributed by atoms with E-state index in [1.54, 1.807) is 18.2 Å². The topological polar surface area (TPSA) is 54.0 Å². The standard InChI is InChI=1S/C21H24FN3O3/c1-15(21(26)23-17-4-7-19-20(14-17)28-13-12-27-19)24-8-10-25(11-9-24)18-5-2-16(22)3-6-18/h2-7,14-15H,8-13H2,1H3,(H,23,26)/t15-/m0/s1. The third-order valence-corrected chi connectivity index (χ3v) is 5.24. The van der Waals surface area contributed by atoms with Gasteiger partial charge in [-0.25, -0.2) is 4.39 Å². The average Bonchev–Trinajstić information content (AvgIpc) is 2.74. The van der Waals surface area contributed by atoms with Gasteiger partial charge in [0.05, 0.1) is 6.04 Å². The van der Waals surface area contributed by atoms with Crippen LogP contribution >= 0.6 is 0 Å². The molecule has 0 bridgehead atoms. The van der Waals surface area contributed by atoms with Crippen molar-refractivity contribution >= 4 is 17.3 Å². The fourth-order valence-electron chi connectivity index (χ4n) is 3.55. The number of halogens is 1. The van der Waals surface area contributed by atoms with Crippen molar-refractivity contribution in [3.8, 4) is 11.5 Å². The van der Waals surface area contributed by atoms with Gasteiger partial charge in [0.2, 0.25) is 5.91 Å². The van der Waals surface area contributed by atoms with Gasteiger partial charge >= 0.3 is 0 Å². The van der Waals surface area contributed by atoms with Crippen LogP contribution < -0.4 is 19.7 Å². The predicted octanol–water partition coefficient (Wildman–Crippen LogP) is 2.75. The Hall–Kier alpha value is -2.80. The molecule has 2 heterocycles. The summed E-state index contributed by atoms with van der Waals surface area (Å²) in [5.74, 6) is 1.08. The van der Waals surface area contributed by atoms with Gasteiger partial charge < -0.3 is 19.7 Å². The molecule has 4 rings (SSSR count). The minimum atomic E-state index is -0.247. The molecule has 0 aliphatic carbocycles. The van der Waals surface area contributed by atoms with E-state index >= 15 is 0 Å². The summed E-state index contributed by atoms with van der Waals surface area (Å²) >= 11 is 0. The number of carbonyl (C=O) groups is 1. The largest absolute Gasteiger partial charge is 0.486 e. The number of hydrogen-bond donors (Lipinski definition) is 1. The number of rotatable bonds is 4. The lowest BCUT2D eigenvalue weighted by molar-refractivity contribution is -0.120. The van der Waals surface area contributed by atoms with E-state index < -0.39 is 0 Å². The summed E-state index contributed by atoms with van der Waals surface area (Å²) in [6.45, 7) is 6.11. The van der Waals surface area contributed by atoms with Crippen LogP contribution in [-0.4, -0.2) is 56.2 Å². The smallest absolute Gasteiger partial charge is 0.241 e. The van der Waals surface area contributed by atoms with Crippen LogP contribution in [0.1, 0.15) is 6.92 Å². The van der Waals surface area contributed by atoms with Crippen LogP contribution in [0.15, 0.2) is 42.5 Å². The maximum Gasteiger partial charge on any atom is 0.241 e. The fraction of sp³-hybridized carbons (Fsp3) is 0.381. The van der Waals surface area contributed by atoms with Crippen molar-refractivity contribution in [1.82, 2.24) is 4.90 Å². The van der Waals surface area contributed by atoms with E-state index in [0.29, 0.717) is 30.4 Å². The van der Waals surface area contributed by atoms with Gasteiger partial charge in [-0.1, -0.05) is 0 Å². The molecule has 1 atom stereocenters. The van der Waals surface area contributed by atoms with Gasteiger partial charge in [-0.2, -0.15) is 0 Å². The number of fused-ring (bicyclic) bond motifs is 1. The first kappa shape index (κ1) is 18.6. The van der Waals surface area contributed by atoms with Crippen molar-refractivity contribution in [3.05, 3.63) is 48.3 Å². The van der Waals surface area contributed by atoms with Crippen molar-refractivity contribution in [2.45, 2.75) is 13.0 Å². The molecule has 0 aromatic heterocycles. The highest BCUT2D eigenvalue weighted by Crippen LogP contribution is 2.32. The fourth-order valence-corrected chi connectivity index (χ4v) is 3.55. The molecule has 2 aliphatic heterocycles. The first-order valence-electron chi connectivity index (χ1n) is 9.55. The van der Waals surface area contributed by atoms with Crippen LogP contribution in [0.5, 0.6) is 11.5 Å². The Bertz CT molecular complexity index is 835. The van der Waals surface area contributed by atoms with Gasteiger partial charge in [0.1, 0.15) is 19.0 Å². The maximum absolute atomic E-state index is 13.1. The Morgan fingerprint density at radius 2 is 1.68 bits per heavy atom. The lowest BCUT2D eigenvalue weighted by Crippen LogP contribution is -2.52. The zero-order valence-corrected chi connectivity index (χ0v) is 15.9. The quantitative estimate of drug-likeness (QED) is 0.877. The third kappa shape index (κ3) is 4.04. The SMILES string of the molecule is C[C@@H](C(=O)Nc1ccc2c(c1)OCCO2)N1CCN(c2ccc(F)cc2)CC1. The molecule has 0 radical (unpaired) electrons. The lowest BCUT2D eigenvalue weighted by Gasteiger charge is -2.38. The van der Waals surface area contributed by atoms with Crippen molar-refractivity contribution in [2.24, 2.45) is 0 Å². The number of ether oxygens (including phenoxy) is 2. The Balaban J connectivity index is 1.32. The van der Waals surface area contributed by atoms with Crippen LogP contribution in [0.25, 0.3) is 0 Å². The van der Waals surface area contributed by atoms with E-state index in [2.05, 4.69) is 15.1 Å². The summed E-state index contributed by atoms with van der Waals surface area (Å²) in [5.41, 5.74) is 1.71. The van der Waals surface area contributed by atoms with E-state index in [1.165, 1.54) is 12.1 Å². The molecule has 0 spiro atoms. The second-order valence-electron chi connectivity index (χ2n) is 7.02. The maximum atomic E-state index is 13.1. The zero-order valence-electron chi connectivity index (χ0n) is 15.9. The molecule has 1 saturated heterocycles. The summed E-state index contributed by atoms with van der Waals surface area (Å²) in [6, 6.07) is 11.7. The number of nitrogens with one attached hydrogen (secondary N) is 1. The zero-order chi connectivity index (χ0) is 19.5. The highest BCUT2D eigenvalue weighted by Gasteiger charge is 2.26. The van der Waals surface area contributed by atoms with Gasteiger partial charge in [0.25, 0.3) is 0 Å². The van der Waals surface area contributed by atoms with Gasteiger partial charge in [0.15, 0.2) is 11.5 Å². The summed E-state index contributed by atoms with van der Waals surface area (Å²) in [5, 5.41) is 2.97. The van der Waals surface area contributed by atoms with Crippen molar-refractivity contribution in [3.63, 3.8) is 0 Å². The minimum absolute atomic E-state index is 0.0492. The Morgan fingerprint density at radius 3 is 2.39 bits per heavy atom. The summed E-state index contributed by atoms with van der Waals surface area (Å²) in [7, 11) is 0. The second-order valence-corrected chi connectivity index (χ2v) is 7.02. The van der Waals surface area contributed by atoms with Gasteiger partial charge in [-0.15, -0.1) is 0 Å². The summed E-state index contributed by atoms with van der Waals surface area (Å²) in [4.78, 5) is 17.1. The normalized spacial score (nSPS) is 17.9. The molecule has 28 heavy (non-hydrogen) atoms. The van der Waals surface area contributed by atoms with E-state index in [1.807, 2.05) is 19.1 Å². The second kappa shape index (κ2) is 8.06. The molecule has 0 saturated carbocycles. The van der Waals surface area contributed by atoms with Crippen LogP contribution in [0.4, 0.5) is 15.8 Å². The first-order chi connectivity index (χ1) is 13.6. The molecular weight excluding hydrogens is 361 g/mol. The van der Waals surface area contributed by atoms with Crippen molar-refractivity contribution in [2.75, 3.05) is 49.6 Å². The predicted molar refractivity (Wildman–Crippen MR) is 106 cm³/mol. The lowest BCUT2D eigenvalue weighted by atomic mass is 10.2. The molecule has 6 nitrogen and oxygen atoms in total. The Kier molecular flexibility index (Phi) is 5.34. The number of benzene rings is 2. The highest BCUT2D eigenvalue weighted by molar-refractivity contribution is 5.94. The minimum Gasteiger partial charge on any atom is -0.486 e. The number of carbonyl (C=O) groups excluding carboxylic acids is 1. The molecule has 1 N–H and O–H groups in total. The molecule has 2 aromatic rings. The monoisotopic (exact) mass is 385 g/mol. The molecule has 0 unspecified atom stereocenters. The first-order valence-corrected chi connectivity index (χ1v) is 9.55. The van der Waals surface area contributed by atoms with Crippen LogP contribution in [0, 0.1) is 5.82 Å². The number of piperazine rings is 1. The van der Waals surface area contributed by atoms with Crippen molar-refractivity contribution in [1.29, 1.82) is 0 Å². The average molecular weight is 385 g/mol. The van der Waals surface area contributed by atoms with Crippen LogP contribution in [0.2, 0.25) is 0 Å². The molecule has 148 valence electrons. The van der Waals surface area contributed by atoms with Crippen LogP contribution in [-0.2, 0) is 4.79 Å². The number of nitrogens with zero attached hydrogens (tertiary/aromatic N) is 2. The van der Waals surface area contributed by atoms with Gasteiger partial charge in [0, 0.05) is 43.6 Å². The van der Waals surface area contributed by atoms with E-state index in [-0.39, 0.29) is 17.8 Å². The number of amides is 1. The molecule has 7 heteroatoms.